The van der Waals surface area contributed by atoms with Crippen molar-refractivity contribution < 1.29 is 19.2 Å². The van der Waals surface area contributed by atoms with Gasteiger partial charge in [0.1, 0.15) is 24.2 Å². The number of H-pyrrole nitrogens is 1. The molecular formula is C31H37N5O4. The van der Waals surface area contributed by atoms with Crippen molar-refractivity contribution in [3.8, 4) is 0 Å². The first-order chi connectivity index (χ1) is 19.4. The van der Waals surface area contributed by atoms with Crippen LogP contribution in [-0.4, -0.2) is 64.2 Å². The number of nitrogens with one attached hydrogen (secondary N) is 4. The summed E-state index contributed by atoms with van der Waals surface area (Å²) in [6.45, 7) is 2.45. The first-order valence-corrected chi connectivity index (χ1v) is 14.2. The molecule has 0 unspecified atom stereocenters. The number of amides is 4. The van der Waals surface area contributed by atoms with Crippen molar-refractivity contribution in [3.05, 3.63) is 71.9 Å². The van der Waals surface area contributed by atoms with Gasteiger partial charge in [0, 0.05) is 36.5 Å². The van der Waals surface area contributed by atoms with Crippen LogP contribution in [0.25, 0.3) is 10.9 Å². The summed E-state index contributed by atoms with van der Waals surface area (Å²) in [5, 5.41) is 9.76. The molecule has 0 spiro atoms. The third kappa shape index (κ3) is 6.03. The van der Waals surface area contributed by atoms with Gasteiger partial charge in [-0.05, 0) is 36.5 Å². The molecule has 2 aliphatic heterocycles. The molecule has 9 nitrogen and oxygen atoms in total. The fourth-order valence-electron chi connectivity index (χ4n) is 5.77. The average molecular weight is 544 g/mol. The number of rotatable bonds is 7. The minimum Gasteiger partial charge on any atom is -0.361 e. The SMILES string of the molecule is CCCC[C@@H]1NC(=O)[C@H]2CCCN2C(=O)[C@H](Cc2ccccc2)NC(=O)[C@H](Cc2c[nH]c3ccccc23)NC1=O. The molecule has 4 amide bonds. The van der Waals surface area contributed by atoms with Crippen molar-refractivity contribution in [1.29, 1.82) is 0 Å². The molecule has 0 aliphatic carbocycles. The van der Waals surface area contributed by atoms with Gasteiger partial charge in [0.25, 0.3) is 0 Å². The lowest BCUT2D eigenvalue weighted by Gasteiger charge is -2.32. The molecule has 2 fully saturated rings. The zero-order valence-electron chi connectivity index (χ0n) is 22.8. The summed E-state index contributed by atoms with van der Waals surface area (Å²) >= 11 is 0. The highest BCUT2D eigenvalue weighted by Crippen LogP contribution is 2.22. The molecule has 2 aliphatic rings. The molecular weight excluding hydrogens is 506 g/mol. The lowest BCUT2D eigenvalue weighted by Crippen LogP contribution is -2.61. The van der Waals surface area contributed by atoms with Crippen molar-refractivity contribution in [2.75, 3.05) is 6.54 Å². The van der Waals surface area contributed by atoms with E-state index in [1.54, 1.807) is 4.90 Å². The van der Waals surface area contributed by atoms with E-state index in [4.69, 9.17) is 0 Å². The zero-order valence-corrected chi connectivity index (χ0v) is 22.8. The smallest absolute Gasteiger partial charge is 0.246 e. The van der Waals surface area contributed by atoms with Crippen molar-refractivity contribution >= 4 is 34.5 Å². The molecule has 0 bridgehead atoms. The third-order valence-corrected chi connectivity index (χ3v) is 7.95. The van der Waals surface area contributed by atoms with Crippen LogP contribution in [0.3, 0.4) is 0 Å². The lowest BCUT2D eigenvalue weighted by molar-refractivity contribution is -0.143. The van der Waals surface area contributed by atoms with Crippen LogP contribution in [0.15, 0.2) is 60.8 Å². The number of benzene rings is 2. The number of fused-ring (bicyclic) bond motifs is 2. The van der Waals surface area contributed by atoms with E-state index in [0.29, 0.717) is 25.8 Å². The number of unbranched alkanes of at least 4 members (excludes halogenated alkanes) is 1. The molecule has 3 heterocycles. The van der Waals surface area contributed by atoms with E-state index in [9.17, 15) is 19.2 Å². The van der Waals surface area contributed by atoms with E-state index in [1.807, 2.05) is 67.7 Å². The van der Waals surface area contributed by atoms with Gasteiger partial charge in [0.2, 0.25) is 23.6 Å². The maximum atomic E-state index is 13.9. The van der Waals surface area contributed by atoms with Crippen LogP contribution in [0, 0.1) is 0 Å². The van der Waals surface area contributed by atoms with Crippen LogP contribution < -0.4 is 16.0 Å². The van der Waals surface area contributed by atoms with Gasteiger partial charge in [-0.1, -0.05) is 68.3 Å². The van der Waals surface area contributed by atoms with Gasteiger partial charge in [0.05, 0.1) is 0 Å². The highest BCUT2D eigenvalue weighted by molar-refractivity contribution is 5.98. The Morgan fingerprint density at radius 1 is 0.800 bits per heavy atom. The lowest BCUT2D eigenvalue weighted by atomic mass is 10.00. The van der Waals surface area contributed by atoms with Crippen molar-refractivity contribution in [2.45, 2.75) is 76.0 Å². The number of nitrogens with zero attached hydrogens (tertiary/aromatic N) is 1. The van der Waals surface area contributed by atoms with Gasteiger partial charge in [-0.15, -0.1) is 0 Å². The summed E-state index contributed by atoms with van der Waals surface area (Å²) in [6.07, 6.45) is 5.61. The molecule has 5 rings (SSSR count). The minimum absolute atomic E-state index is 0.231. The maximum Gasteiger partial charge on any atom is 0.246 e. The van der Waals surface area contributed by atoms with Crippen LogP contribution in [0.4, 0.5) is 0 Å². The first-order valence-electron chi connectivity index (χ1n) is 14.2. The molecule has 3 aromatic rings. The second kappa shape index (κ2) is 12.4. The average Bonchev–Trinajstić information content (AvgIpc) is 3.62. The van der Waals surface area contributed by atoms with Gasteiger partial charge in [-0.25, -0.2) is 0 Å². The Kier molecular flexibility index (Phi) is 8.48. The van der Waals surface area contributed by atoms with E-state index >= 15 is 0 Å². The number of para-hydroxylation sites is 1. The quantitative estimate of drug-likeness (QED) is 0.366. The second-order valence-electron chi connectivity index (χ2n) is 10.8. The van der Waals surface area contributed by atoms with Gasteiger partial charge in [-0.2, -0.15) is 0 Å². The van der Waals surface area contributed by atoms with Crippen LogP contribution >= 0.6 is 0 Å². The molecule has 9 heteroatoms. The van der Waals surface area contributed by atoms with Crippen LogP contribution in [0.5, 0.6) is 0 Å². The first kappa shape index (κ1) is 27.4. The molecule has 0 saturated carbocycles. The third-order valence-electron chi connectivity index (χ3n) is 7.95. The fourth-order valence-corrected chi connectivity index (χ4v) is 5.77. The Hall–Kier alpha value is -4.14. The summed E-state index contributed by atoms with van der Waals surface area (Å²) in [6, 6.07) is 14.0. The predicted octanol–water partition coefficient (Wildman–Crippen LogP) is 2.60. The summed E-state index contributed by atoms with van der Waals surface area (Å²) in [7, 11) is 0. The van der Waals surface area contributed by atoms with Gasteiger partial charge in [-0.3, -0.25) is 19.2 Å². The van der Waals surface area contributed by atoms with E-state index in [2.05, 4.69) is 20.9 Å². The molecule has 210 valence electrons. The monoisotopic (exact) mass is 543 g/mol. The van der Waals surface area contributed by atoms with Crippen molar-refractivity contribution in [1.82, 2.24) is 25.8 Å². The van der Waals surface area contributed by atoms with E-state index < -0.39 is 36.0 Å². The second-order valence-corrected chi connectivity index (χ2v) is 10.8. The zero-order chi connectivity index (χ0) is 28.1. The number of hydrogen-bond donors (Lipinski definition) is 4. The Morgan fingerprint density at radius 2 is 1.50 bits per heavy atom. The number of aromatic nitrogens is 1. The normalized spacial score (nSPS) is 24.1. The van der Waals surface area contributed by atoms with Gasteiger partial charge in [0.15, 0.2) is 0 Å². The number of hydrogen-bond acceptors (Lipinski definition) is 4. The molecule has 40 heavy (non-hydrogen) atoms. The summed E-state index contributed by atoms with van der Waals surface area (Å²) in [5.41, 5.74) is 2.70. The number of carbonyl (C=O) groups is 4. The van der Waals surface area contributed by atoms with E-state index in [0.717, 1.165) is 34.9 Å². The van der Waals surface area contributed by atoms with Crippen LogP contribution in [-0.2, 0) is 32.0 Å². The summed E-state index contributed by atoms with van der Waals surface area (Å²) < 4.78 is 0. The van der Waals surface area contributed by atoms with Crippen molar-refractivity contribution in [2.24, 2.45) is 0 Å². The Bertz CT molecular complexity index is 1370. The van der Waals surface area contributed by atoms with Crippen LogP contribution in [0.1, 0.15) is 50.2 Å². The van der Waals surface area contributed by atoms with Crippen LogP contribution in [0.2, 0.25) is 0 Å². The highest BCUT2D eigenvalue weighted by Gasteiger charge is 2.40. The molecule has 1 aromatic heterocycles. The molecule has 2 aromatic carbocycles. The number of carbonyl (C=O) groups excluding carboxylic acids is 4. The Balaban J connectivity index is 1.49. The predicted molar refractivity (Wildman–Crippen MR) is 152 cm³/mol. The van der Waals surface area contributed by atoms with Crippen molar-refractivity contribution in [3.63, 3.8) is 0 Å². The minimum atomic E-state index is -0.937. The van der Waals surface area contributed by atoms with E-state index in [1.165, 1.54) is 0 Å². The van der Waals surface area contributed by atoms with E-state index in [-0.39, 0.29) is 24.7 Å². The van der Waals surface area contributed by atoms with Gasteiger partial charge < -0.3 is 25.8 Å². The maximum absolute atomic E-state index is 13.9. The standard InChI is InChI=1S/C31H37N5O4/c1-2-3-13-24-28(37)34-25(18-21-19-32-23-14-8-7-12-22(21)23)29(38)35-26(17-20-10-5-4-6-11-20)31(40)36-16-9-15-27(36)30(39)33-24/h4-8,10-12,14,19,24-27,32H,2-3,9,13,15-18H2,1H3,(H,33,39)(H,34,37)(H,35,38)/t24-,25-,26-,27+/m0/s1. The molecule has 4 atom stereocenters. The summed E-state index contributed by atoms with van der Waals surface area (Å²) in [4.78, 5) is 59.5. The van der Waals surface area contributed by atoms with Gasteiger partial charge >= 0.3 is 0 Å². The molecule has 2 saturated heterocycles. The summed E-state index contributed by atoms with van der Waals surface area (Å²) in [5.74, 6) is -1.42. The number of aromatic amines is 1. The highest BCUT2D eigenvalue weighted by atomic mass is 16.2. The fraction of sp³-hybridized carbons (Fsp3) is 0.419. The topological polar surface area (TPSA) is 123 Å². The Morgan fingerprint density at radius 3 is 2.30 bits per heavy atom. The largest absolute Gasteiger partial charge is 0.361 e. The molecule has 4 N–H and O–H groups in total. The Labute approximate surface area is 234 Å². The molecule has 0 radical (unpaired) electrons.